The normalized spacial score (nSPS) is 15.4. The molecule has 2 nitrogen and oxygen atoms in total. The van der Waals surface area contributed by atoms with E-state index in [0.717, 1.165) is 12.5 Å². The fraction of sp³-hybridized carbons (Fsp3) is 0.333. The van der Waals surface area contributed by atoms with Gasteiger partial charge < -0.3 is 0 Å². The first-order valence-electron chi connectivity index (χ1n) is 6.27. The van der Waals surface area contributed by atoms with Gasteiger partial charge in [-0.05, 0) is 12.5 Å². The predicted octanol–water partition coefficient (Wildman–Crippen LogP) is 3.72. The standard InChI is InChI=1S/C15H18O2Si/c1-18(2,3)9-8-11-10-14(16)12-6-4-5-7-13(12)15(11)17/h4-7,10H,8-9H2,1-3H3. The van der Waals surface area contributed by atoms with E-state index in [4.69, 9.17) is 0 Å². The molecule has 0 radical (unpaired) electrons. The summed E-state index contributed by atoms with van der Waals surface area (Å²) in [6.45, 7) is 6.82. The number of Topliss-reactive ketones (excluding diaryl/α,β-unsaturated/α-hetero) is 1. The van der Waals surface area contributed by atoms with E-state index in [1.165, 1.54) is 6.08 Å². The Morgan fingerprint density at radius 2 is 1.61 bits per heavy atom. The topological polar surface area (TPSA) is 34.1 Å². The molecule has 0 aliphatic heterocycles. The number of carbonyl (C=O) groups excluding carboxylic acids is 2. The van der Waals surface area contributed by atoms with Crippen LogP contribution in [0.25, 0.3) is 0 Å². The molecule has 0 heterocycles. The average Bonchev–Trinajstić information content (AvgIpc) is 2.31. The van der Waals surface area contributed by atoms with Gasteiger partial charge >= 0.3 is 0 Å². The second-order valence-corrected chi connectivity index (χ2v) is 11.6. The molecule has 0 amide bonds. The monoisotopic (exact) mass is 258 g/mol. The first kappa shape index (κ1) is 13.0. The van der Waals surface area contributed by atoms with Crippen molar-refractivity contribution >= 4 is 19.6 Å². The maximum absolute atomic E-state index is 12.3. The molecule has 0 bridgehead atoms. The zero-order chi connectivity index (χ0) is 13.3. The Kier molecular flexibility index (Phi) is 3.35. The number of hydrogen-bond acceptors (Lipinski definition) is 2. The third kappa shape index (κ3) is 2.67. The number of allylic oxidation sites excluding steroid dienone is 2. The Morgan fingerprint density at radius 3 is 2.22 bits per heavy atom. The fourth-order valence-electron chi connectivity index (χ4n) is 2.07. The van der Waals surface area contributed by atoms with Gasteiger partial charge in [0.05, 0.1) is 0 Å². The lowest BCUT2D eigenvalue weighted by molar-refractivity contribution is 0.0982. The molecule has 1 aliphatic carbocycles. The van der Waals surface area contributed by atoms with Gasteiger partial charge in [0.25, 0.3) is 0 Å². The van der Waals surface area contributed by atoms with Crippen LogP contribution in [0.1, 0.15) is 27.1 Å². The van der Waals surface area contributed by atoms with Crippen LogP contribution in [-0.2, 0) is 0 Å². The molecule has 0 spiro atoms. The molecule has 1 aromatic carbocycles. The Hall–Kier alpha value is -1.48. The molecule has 0 N–H and O–H groups in total. The van der Waals surface area contributed by atoms with Crippen molar-refractivity contribution in [2.45, 2.75) is 32.1 Å². The van der Waals surface area contributed by atoms with Crippen molar-refractivity contribution in [1.29, 1.82) is 0 Å². The maximum atomic E-state index is 12.3. The SMILES string of the molecule is C[Si](C)(C)CCC1=CC(=O)c2ccccc2C1=O. The fourth-order valence-corrected chi connectivity index (χ4v) is 3.09. The summed E-state index contributed by atoms with van der Waals surface area (Å²) in [7, 11) is -1.19. The minimum absolute atomic E-state index is 0.0310. The Labute approximate surface area is 109 Å². The van der Waals surface area contributed by atoms with E-state index in [-0.39, 0.29) is 11.6 Å². The van der Waals surface area contributed by atoms with Gasteiger partial charge in [0.1, 0.15) is 0 Å². The molecular formula is C15H18O2Si. The van der Waals surface area contributed by atoms with Crippen molar-refractivity contribution < 1.29 is 9.59 Å². The van der Waals surface area contributed by atoms with E-state index in [9.17, 15) is 9.59 Å². The summed E-state index contributed by atoms with van der Waals surface area (Å²) < 4.78 is 0. The zero-order valence-electron chi connectivity index (χ0n) is 11.1. The van der Waals surface area contributed by atoms with Crippen LogP contribution >= 0.6 is 0 Å². The van der Waals surface area contributed by atoms with E-state index in [1.54, 1.807) is 18.2 Å². The summed E-state index contributed by atoms with van der Waals surface area (Å²) in [4.78, 5) is 24.2. The van der Waals surface area contributed by atoms with Crippen molar-refractivity contribution in [1.82, 2.24) is 0 Å². The van der Waals surface area contributed by atoms with E-state index in [2.05, 4.69) is 19.6 Å². The molecule has 1 aromatic rings. The average molecular weight is 258 g/mol. The molecule has 1 aliphatic rings. The molecular weight excluding hydrogens is 240 g/mol. The summed E-state index contributed by atoms with van der Waals surface area (Å²) in [5, 5.41) is 0. The first-order valence-corrected chi connectivity index (χ1v) is 9.98. The zero-order valence-corrected chi connectivity index (χ0v) is 12.1. The van der Waals surface area contributed by atoms with Crippen LogP contribution in [0.15, 0.2) is 35.9 Å². The second kappa shape index (κ2) is 4.65. The van der Waals surface area contributed by atoms with Crippen LogP contribution in [0.4, 0.5) is 0 Å². The van der Waals surface area contributed by atoms with Crippen molar-refractivity contribution in [3.8, 4) is 0 Å². The van der Waals surface area contributed by atoms with Gasteiger partial charge in [-0.25, -0.2) is 0 Å². The summed E-state index contributed by atoms with van der Waals surface area (Å²) >= 11 is 0. The number of carbonyl (C=O) groups is 2. The minimum atomic E-state index is -1.19. The molecule has 94 valence electrons. The van der Waals surface area contributed by atoms with Crippen LogP contribution in [0.2, 0.25) is 25.7 Å². The van der Waals surface area contributed by atoms with Crippen LogP contribution < -0.4 is 0 Å². The minimum Gasteiger partial charge on any atom is -0.289 e. The van der Waals surface area contributed by atoms with E-state index < -0.39 is 8.07 Å². The Balaban J connectivity index is 2.26. The lowest BCUT2D eigenvalue weighted by Crippen LogP contribution is -2.22. The molecule has 0 saturated heterocycles. The van der Waals surface area contributed by atoms with Crippen LogP contribution in [0.3, 0.4) is 0 Å². The van der Waals surface area contributed by atoms with E-state index >= 15 is 0 Å². The summed E-state index contributed by atoms with van der Waals surface area (Å²) in [6, 6.07) is 8.12. The highest BCUT2D eigenvalue weighted by Crippen LogP contribution is 2.25. The van der Waals surface area contributed by atoms with Crippen molar-refractivity contribution in [2.75, 3.05) is 0 Å². The summed E-state index contributed by atoms with van der Waals surface area (Å²) in [5.41, 5.74) is 1.79. The molecule has 0 atom stereocenters. The molecule has 0 aromatic heterocycles. The Bertz CT molecular complexity index is 536. The van der Waals surface area contributed by atoms with Gasteiger partial charge in [0.2, 0.25) is 0 Å². The lowest BCUT2D eigenvalue weighted by Gasteiger charge is -2.19. The summed E-state index contributed by atoms with van der Waals surface area (Å²) in [6.07, 6.45) is 2.26. The predicted molar refractivity (Wildman–Crippen MR) is 76.0 cm³/mol. The molecule has 3 heteroatoms. The third-order valence-corrected chi connectivity index (χ3v) is 4.93. The number of rotatable bonds is 3. The molecule has 18 heavy (non-hydrogen) atoms. The highest BCUT2D eigenvalue weighted by molar-refractivity contribution is 6.76. The van der Waals surface area contributed by atoms with Gasteiger partial charge in [-0.1, -0.05) is 50.0 Å². The second-order valence-electron chi connectivity index (χ2n) is 5.97. The van der Waals surface area contributed by atoms with Crippen LogP contribution in [-0.4, -0.2) is 19.6 Å². The maximum Gasteiger partial charge on any atom is 0.189 e. The highest BCUT2D eigenvalue weighted by Gasteiger charge is 2.25. The first-order chi connectivity index (χ1) is 8.38. The number of fused-ring (bicyclic) bond motifs is 1. The van der Waals surface area contributed by atoms with Gasteiger partial charge in [-0.2, -0.15) is 0 Å². The van der Waals surface area contributed by atoms with Gasteiger partial charge in [-0.15, -0.1) is 0 Å². The lowest BCUT2D eigenvalue weighted by atomic mass is 9.88. The summed E-state index contributed by atoms with van der Waals surface area (Å²) in [5.74, 6) is -0.000717. The largest absolute Gasteiger partial charge is 0.289 e. The molecule has 0 saturated carbocycles. The third-order valence-electron chi connectivity index (χ3n) is 3.18. The van der Waals surface area contributed by atoms with E-state index in [1.807, 2.05) is 6.07 Å². The number of hydrogen-bond donors (Lipinski definition) is 0. The van der Waals surface area contributed by atoms with Crippen molar-refractivity contribution in [2.24, 2.45) is 0 Å². The number of benzene rings is 1. The molecule has 0 unspecified atom stereocenters. The highest BCUT2D eigenvalue weighted by atomic mass is 28.3. The smallest absolute Gasteiger partial charge is 0.189 e. The van der Waals surface area contributed by atoms with Gasteiger partial charge in [0, 0.05) is 24.8 Å². The van der Waals surface area contributed by atoms with Gasteiger partial charge in [-0.3, -0.25) is 9.59 Å². The van der Waals surface area contributed by atoms with Gasteiger partial charge in [0.15, 0.2) is 11.6 Å². The van der Waals surface area contributed by atoms with Crippen molar-refractivity contribution in [3.05, 3.63) is 47.0 Å². The molecule has 2 rings (SSSR count). The van der Waals surface area contributed by atoms with Crippen molar-refractivity contribution in [3.63, 3.8) is 0 Å². The van der Waals surface area contributed by atoms with Crippen LogP contribution in [0.5, 0.6) is 0 Å². The van der Waals surface area contributed by atoms with E-state index in [0.29, 0.717) is 16.7 Å². The Morgan fingerprint density at radius 1 is 1.00 bits per heavy atom. The molecule has 0 fully saturated rings. The number of ketones is 2. The van der Waals surface area contributed by atoms with Crippen LogP contribution in [0, 0.1) is 0 Å². The quantitative estimate of drug-likeness (QED) is 0.774.